The Morgan fingerprint density at radius 1 is 0.810 bits per heavy atom. The molecule has 1 aromatic heterocycles. The van der Waals surface area contributed by atoms with Crippen LogP contribution in [0.4, 0.5) is 0 Å². The van der Waals surface area contributed by atoms with E-state index < -0.39 is 0 Å². The van der Waals surface area contributed by atoms with Crippen molar-refractivity contribution in [3.8, 4) is 22.6 Å². The van der Waals surface area contributed by atoms with Gasteiger partial charge in [-0.25, -0.2) is 4.57 Å². The maximum atomic E-state index is 5.56. The van der Waals surface area contributed by atoms with Crippen molar-refractivity contribution < 1.29 is 14.0 Å². The zero-order valence-electron chi connectivity index (χ0n) is 12.5. The molecule has 3 rings (SSSR count). The van der Waals surface area contributed by atoms with Crippen molar-refractivity contribution in [3.05, 3.63) is 54.9 Å². The third-order valence-electron chi connectivity index (χ3n) is 3.62. The molecule has 0 fully saturated rings. The largest absolute Gasteiger partial charge is 0.493 e. The maximum Gasteiger partial charge on any atom is 0.180 e. The van der Waals surface area contributed by atoms with Crippen molar-refractivity contribution >= 4 is 10.8 Å². The van der Waals surface area contributed by atoms with Gasteiger partial charge in [0.25, 0.3) is 0 Å². The number of hydrogen-bond acceptors (Lipinski definition) is 2. The summed E-state index contributed by atoms with van der Waals surface area (Å²) in [5.41, 5.74) is 2.36. The molecular formula is C18H18NO2+. The Morgan fingerprint density at radius 2 is 1.57 bits per heavy atom. The molecule has 0 radical (unpaired) electrons. The first-order valence-corrected chi connectivity index (χ1v) is 6.84. The number of nitrogens with zero attached hydrogens (tertiary/aromatic N) is 1. The van der Waals surface area contributed by atoms with Gasteiger partial charge in [0, 0.05) is 5.39 Å². The summed E-state index contributed by atoms with van der Waals surface area (Å²) in [6.45, 7) is 0. The minimum atomic E-state index is 0.746. The number of methoxy groups -OCH3 is 2. The highest BCUT2D eigenvalue weighted by molar-refractivity contribution is 5.99. The zero-order chi connectivity index (χ0) is 14.8. The van der Waals surface area contributed by atoms with E-state index in [0.29, 0.717) is 0 Å². The Kier molecular flexibility index (Phi) is 3.48. The quantitative estimate of drug-likeness (QED) is 0.686. The zero-order valence-corrected chi connectivity index (χ0v) is 12.5. The molecule has 106 valence electrons. The van der Waals surface area contributed by atoms with Crippen LogP contribution in [0.1, 0.15) is 0 Å². The highest BCUT2D eigenvalue weighted by atomic mass is 16.5. The first kappa shape index (κ1) is 13.4. The summed E-state index contributed by atoms with van der Waals surface area (Å²) >= 11 is 0. The molecule has 0 aliphatic carbocycles. The molecule has 0 saturated heterocycles. The molecule has 0 amide bonds. The lowest BCUT2D eigenvalue weighted by molar-refractivity contribution is -0.669. The minimum Gasteiger partial charge on any atom is -0.493 e. The van der Waals surface area contributed by atoms with Crippen LogP contribution >= 0.6 is 0 Å². The Bertz CT molecular complexity index is 782. The van der Waals surface area contributed by atoms with Crippen molar-refractivity contribution in [2.45, 2.75) is 0 Å². The Morgan fingerprint density at radius 3 is 2.24 bits per heavy atom. The van der Waals surface area contributed by atoms with Gasteiger partial charge >= 0.3 is 0 Å². The molecule has 3 nitrogen and oxygen atoms in total. The van der Waals surface area contributed by atoms with Crippen LogP contribution in [0.3, 0.4) is 0 Å². The van der Waals surface area contributed by atoms with Gasteiger partial charge in [-0.3, -0.25) is 0 Å². The predicted molar refractivity (Wildman–Crippen MR) is 83.7 cm³/mol. The summed E-state index contributed by atoms with van der Waals surface area (Å²) < 4.78 is 13.0. The van der Waals surface area contributed by atoms with Crippen LogP contribution < -0.4 is 14.0 Å². The van der Waals surface area contributed by atoms with Gasteiger partial charge in [-0.2, -0.15) is 0 Å². The lowest BCUT2D eigenvalue weighted by atomic mass is 10.00. The molecule has 2 aromatic carbocycles. The SMILES string of the molecule is COc1ccc2c(-c3ccccc3)c[n+](C)cc2c1OC. The Hall–Kier alpha value is -2.55. The molecule has 0 saturated carbocycles. The smallest absolute Gasteiger partial charge is 0.180 e. The van der Waals surface area contributed by atoms with Gasteiger partial charge in [-0.1, -0.05) is 30.3 Å². The number of aromatic nitrogens is 1. The van der Waals surface area contributed by atoms with E-state index in [4.69, 9.17) is 9.47 Å². The van der Waals surface area contributed by atoms with Gasteiger partial charge in [0.05, 0.1) is 25.2 Å². The van der Waals surface area contributed by atoms with Crippen LogP contribution in [0.2, 0.25) is 0 Å². The maximum absolute atomic E-state index is 5.56. The van der Waals surface area contributed by atoms with Gasteiger partial charge in [0.2, 0.25) is 0 Å². The molecule has 0 atom stereocenters. The van der Waals surface area contributed by atoms with Crippen molar-refractivity contribution in [1.82, 2.24) is 0 Å². The van der Waals surface area contributed by atoms with E-state index >= 15 is 0 Å². The van der Waals surface area contributed by atoms with Gasteiger partial charge < -0.3 is 9.47 Å². The second kappa shape index (κ2) is 5.44. The summed E-state index contributed by atoms with van der Waals surface area (Å²) in [7, 11) is 5.35. The number of rotatable bonds is 3. The lowest BCUT2D eigenvalue weighted by Crippen LogP contribution is -2.27. The Balaban J connectivity index is 2.37. The third kappa shape index (κ3) is 2.31. The number of benzene rings is 2. The number of aryl methyl sites for hydroxylation is 1. The van der Waals surface area contributed by atoms with Gasteiger partial charge in [0.15, 0.2) is 23.9 Å². The number of pyridine rings is 1. The highest BCUT2D eigenvalue weighted by Crippen LogP contribution is 2.38. The lowest BCUT2D eigenvalue weighted by Gasteiger charge is -2.12. The first-order valence-electron chi connectivity index (χ1n) is 6.84. The number of fused-ring (bicyclic) bond motifs is 1. The van der Waals surface area contributed by atoms with E-state index in [1.54, 1.807) is 14.2 Å². The van der Waals surface area contributed by atoms with E-state index in [-0.39, 0.29) is 0 Å². The van der Waals surface area contributed by atoms with Crippen molar-refractivity contribution in [2.75, 3.05) is 14.2 Å². The molecule has 0 aliphatic heterocycles. The molecule has 0 spiro atoms. The molecule has 21 heavy (non-hydrogen) atoms. The predicted octanol–water partition coefficient (Wildman–Crippen LogP) is 3.35. The van der Waals surface area contributed by atoms with E-state index in [9.17, 15) is 0 Å². The first-order chi connectivity index (χ1) is 10.2. The van der Waals surface area contributed by atoms with Crippen LogP contribution in [0.15, 0.2) is 54.9 Å². The van der Waals surface area contributed by atoms with E-state index in [2.05, 4.69) is 42.7 Å². The molecule has 0 unspecified atom stereocenters. The van der Waals surface area contributed by atoms with Crippen LogP contribution in [0, 0.1) is 0 Å². The van der Waals surface area contributed by atoms with E-state index in [0.717, 1.165) is 22.3 Å². The fraction of sp³-hybridized carbons (Fsp3) is 0.167. The average molecular weight is 280 g/mol. The highest BCUT2D eigenvalue weighted by Gasteiger charge is 2.16. The molecule has 3 aromatic rings. The third-order valence-corrected chi connectivity index (χ3v) is 3.62. The van der Waals surface area contributed by atoms with E-state index in [1.807, 2.05) is 23.7 Å². The fourth-order valence-corrected chi connectivity index (χ4v) is 2.68. The molecule has 0 bridgehead atoms. The second-order valence-electron chi connectivity index (χ2n) is 4.97. The van der Waals surface area contributed by atoms with Crippen LogP contribution in [0.5, 0.6) is 11.5 Å². The fourth-order valence-electron chi connectivity index (χ4n) is 2.68. The van der Waals surface area contributed by atoms with Crippen LogP contribution in [0.25, 0.3) is 21.9 Å². The second-order valence-corrected chi connectivity index (χ2v) is 4.97. The summed E-state index contributed by atoms with van der Waals surface area (Å²) in [6.07, 6.45) is 4.19. The monoisotopic (exact) mass is 280 g/mol. The van der Waals surface area contributed by atoms with Gasteiger partial charge in [0.1, 0.15) is 7.05 Å². The summed E-state index contributed by atoms with van der Waals surface area (Å²) in [4.78, 5) is 0. The van der Waals surface area contributed by atoms with Gasteiger partial charge in [-0.15, -0.1) is 0 Å². The summed E-state index contributed by atoms with van der Waals surface area (Å²) in [5.74, 6) is 1.51. The topological polar surface area (TPSA) is 22.3 Å². The van der Waals surface area contributed by atoms with Crippen molar-refractivity contribution in [3.63, 3.8) is 0 Å². The molecule has 0 aliphatic rings. The van der Waals surface area contributed by atoms with E-state index in [1.165, 1.54) is 11.1 Å². The molecule has 1 heterocycles. The number of hydrogen-bond donors (Lipinski definition) is 0. The minimum absolute atomic E-state index is 0.746. The average Bonchev–Trinajstić information content (AvgIpc) is 2.53. The normalized spacial score (nSPS) is 10.6. The van der Waals surface area contributed by atoms with Crippen LogP contribution in [-0.4, -0.2) is 14.2 Å². The van der Waals surface area contributed by atoms with Crippen molar-refractivity contribution in [1.29, 1.82) is 0 Å². The van der Waals surface area contributed by atoms with Crippen LogP contribution in [-0.2, 0) is 7.05 Å². The number of ether oxygens (including phenoxy) is 2. The Labute approximate surface area is 124 Å². The van der Waals surface area contributed by atoms with Gasteiger partial charge in [-0.05, 0) is 17.7 Å². The standard InChI is InChI=1S/C18H18NO2/c1-19-11-15(13-7-5-4-6-8-13)14-9-10-17(20-2)18(21-3)16(14)12-19/h4-12H,1-3H3/q+1. The summed E-state index contributed by atoms with van der Waals surface area (Å²) in [6, 6.07) is 14.4. The molecular weight excluding hydrogens is 262 g/mol. The van der Waals surface area contributed by atoms with Crippen molar-refractivity contribution in [2.24, 2.45) is 7.05 Å². The summed E-state index contributed by atoms with van der Waals surface area (Å²) in [5, 5.41) is 2.19. The molecule has 3 heteroatoms. The molecule has 0 N–H and O–H groups in total.